The van der Waals surface area contributed by atoms with Crippen LogP contribution in [0.2, 0.25) is 0 Å². The van der Waals surface area contributed by atoms with Gasteiger partial charge in [-0.05, 0) is 25.1 Å². The lowest BCUT2D eigenvalue weighted by Crippen LogP contribution is -2.54. The Morgan fingerprint density at radius 2 is 2.00 bits per heavy atom. The molecule has 11 heteroatoms. The van der Waals surface area contributed by atoms with Gasteiger partial charge in [0.25, 0.3) is 0 Å². The highest BCUT2D eigenvalue weighted by atomic mass is 19.4. The van der Waals surface area contributed by atoms with Crippen molar-refractivity contribution < 1.29 is 31.4 Å². The lowest BCUT2D eigenvalue weighted by molar-refractivity contribution is -0.144. The van der Waals surface area contributed by atoms with Crippen LogP contribution in [0.3, 0.4) is 0 Å². The summed E-state index contributed by atoms with van der Waals surface area (Å²) in [4.78, 5) is 7.95. The minimum atomic E-state index is -4.71. The maximum absolute atomic E-state index is 14.9. The molecule has 0 unspecified atom stereocenters. The summed E-state index contributed by atoms with van der Waals surface area (Å²) in [6, 6.07) is 5.47. The predicted octanol–water partition coefficient (Wildman–Crippen LogP) is 4.49. The Hall–Kier alpha value is -2.92. The number of anilines is 1. The van der Waals surface area contributed by atoms with Crippen molar-refractivity contribution in [2.75, 3.05) is 31.6 Å². The second kappa shape index (κ2) is 8.14. The molecule has 2 N–H and O–H groups in total. The van der Waals surface area contributed by atoms with Crippen molar-refractivity contribution >= 4 is 16.7 Å². The zero-order chi connectivity index (χ0) is 23.3. The molecular formula is C22H21F5N4O2. The van der Waals surface area contributed by atoms with Crippen LogP contribution in [0.15, 0.2) is 30.3 Å². The fraction of sp³-hybridized carbons (Fsp3) is 0.409. The van der Waals surface area contributed by atoms with E-state index in [1.165, 1.54) is 18.2 Å². The quantitative estimate of drug-likeness (QED) is 0.555. The van der Waals surface area contributed by atoms with E-state index in [1.54, 1.807) is 6.07 Å². The van der Waals surface area contributed by atoms with Gasteiger partial charge in [0, 0.05) is 24.7 Å². The van der Waals surface area contributed by atoms with Crippen LogP contribution >= 0.6 is 0 Å². The average Bonchev–Trinajstić information content (AvgIpc) is 3.21. The highest BCUT2D eigenvalue weighted by molar-refractivity contribution is 5.89. The fourth-order valence-corrected chi connectivity index (χ4v) is 4.48. The number of aromatic nitrogens is 2. The highest BCUT2D eigenvalue weighted by Crippen LogP contribution is 2.40. The Balaban J connectivity index is 1.58. The van der Waals surface area contributed by atoms with Crippen molar-refractivity contribution in [3.63, 3.8) is 0 Å². The molecule has 2 aliphatic rings. The SMILES string of the molecule is C[C@@H]1CN([C@H]2COc3cc(F)ccc3[C@@H]2Nc2c(F)ccc3[nH]c(C(F)(F)F)nc23)CCO1. The first-order valence-corrected chi connectivity index (χ1v) is 10.5. The Labute approximate surface area is 185 Å². The minimum Gasteiger partial charge on any atom is -0.491 e. The third-order valence-electron chi connectivity index (χ3n) is 6.02. The molecule has 0 aliphatic carbocycles. The molecule has 6 nitrogen and oxygen atoms in total. The van der Waals surface area contributed by atoms with Crippen LogP contribution in [0.1, 0.15) is 24.4 Å². The highest BCUT2D eigenvalue weighted by Gasteiger charge is 2.39. The molecule has 176 valence electrons. The number of fused-ring (bicyclic) bond motifs is 2. The molecule has 3 atom stereocenters. The van der Waals surface area contributed by atoms with Crippen LogP contribution < -0.4 is 10.1 Å². The summed E-state index contributed by atoms with van der Waals surface area (Å²) in [5.74, 6) is -2.14. The number of hydrogen-bond acceptors (Lipinski definition) is 5. The van der Waals surface area contributed by atoms with Gasteiger partial charge in [0.1, 0.15) is 29.5 Å². The molecule has 5 rings (SSSR count). The van der Waals surface area contributed by atoms with Gasteiger partial charge >= 0.3 is 6.18 Å². The number of halogens is 5. The Morgan fingerprint density at radius 3 is 2.76 bits per heavy atom. The molecule has 2 aliphatic heterocycles. The Bertz CT molecular complexity index is 1180. The lowest BCUT2D eigenvalue weighted by Gasteiger charge is -2.44. The van der Waals surface area contributed by atoms with Crippen molar-refractivity contribution in [2.24, 2.45) is 0 Å². The molecule has 33 heavy (non-hydrogen) atoms. The number of rotatable bonds is 3. The van der Waals surface area contributed by atoms with Crippen molar-refractivity contribution in [1.82, 2.24) is 14.9 Å². The zero-order valence-electron chi connectivity index (χ0n) is 17.5. The summed E-state index contributed by atoms with van der Waals surface area (Å²) < 4.78 is 79.8. The van der Waals surface area contributed by atoms with Crippen LogP contribution in [0.25, 0.3) is 11.0 Å². The Morgan fingerprint density at radius 1 is 1.18 bits per heavy atom. The maximum Gasteiger partial charge on any atom is 0.449 e. The van der Waals surface area contributed by atoms with Gasteiger partial charge < -0.3 is 19.8 Å². The van der Waals surface area contributed by atoms with Crippen molar-refractivity contribution in [1.29, 1.82) is 0 Å². The molecule has 0 bridgehead atoms. The number of alkyl halides is 3. The number of morpholine rings is 1. The maximum atomic E-state index is 14.9. The molecule has 2 aromatic carbocycles. The first kappa shape index (κ1) is 21.9. The number of H-pyrrole nitrogens is 1. The molecule has 0 amide bonds. The molecular weight excluding hydrogens is 447 g/mol. The van der Waals surface area contributed by atoms with Crippen LogP contribution in [0.4, 0.5) is 27.6 Å². The normalized spacial score (nSPS) is 23.9. The monoisotopic (exact) mass is 468 g/mol. The number of ether oxygens (including phenoxy) is 2. The van der Waals surface area contributed by atoms with Crippen LogP contribution in [-0.2, 0) is 10.9 Å². The molecule has 1 aromatic heterocycles. The fourth-order valence-electron chi connectivity index (χ4n) is 4.48. The molecule has 0 spiro atoms. The van der Waals surface area contributed by atoms with Gasteiger partial charge in [0.15, 0.2) is 0 Å². The second-order valence-corrected chi connectivity index (χ2v) is 8.26. The van der Waals surface area contributed by atoms with E-state index in [9.17, 15) is 22.0 Å². The standard InChI is InChI=1S/C22H21F5N4O2/c1-11-9-31(6-7-32-11)16-10-33-17-8-12(23)2-3-13(17)18(16)29-19-14(24)4-5-15-20(19)30-21(28-15)22(25,26)27/h2-5,8,11,16,18,29H,6-7,9-10H2,1H3,(H,28,30)/t11-,16+,18+/m1/s1. The largest absolute Gasteiger partial charge is 0.491 e. The van der Waals surface area contributed by atoms with Crippen molar-refractivity contribution in [2.45, 2.75) is 31.3 Å². The number of imidazole rings is 1. The Kier molecular flexibility index (Phi) is 5.40. The van der Waals surface area contributed by atoms with Gasteiger partial charge in [-0.15, -0.1) is 0 Å². The molecule has 1 saturated heterocycles. The second-order valence-electron chi connectivity index (χ2n) is 8.26. The molecule has 3 heterocycles. The third kappa shape index (κ3) is 4.10. The van der Waals surface area contributed by atoms with E-state index >= 15 is 0 Å². The van der Waals surface area contributed by atoms with Crippen LogP contribution in [-0.4, -0.2) is 53.3 Å². The summed E-state index contributed by atoms with van der Waals surface area (Å²) in [5, 5.41) is 3.09. The number of benzene rings is 2. The number of hydrogen-bond donors (Lipinski definition) is 2. The summed E-state index contributed by atoms with van der Waals surface area (Å²) in [7, 11) is 0. The minimum absolute atomic E-state index is 0.0325. The first-order valence-electron chi connectivity index (χ1n) is 10.5. The van der Waals surface area contributed by atoms with Gasteiger partial charge in [-0.1, -0.05) is 6.07 Å². The number of aromatic amines is 1. The molecule has 1 fully saturated rings. The van der Waals surface area contributed by atoms with E-state index in [2.05, 4.69) is 20.2 Å². The predicted molar refractivity (Wildman–Crippen MR) is 110 cm³/mol. The molecule has 0 radical (unpaired) electrons. The average molecular weight is 468 g/mol. The van der Waals surface area contributed by atoms with E-state index in [0.717, 1.165) is 6.07 Å². The van der Waals surface area contributed by atoms with Crippen LogP contribution in [0.5, 0.6) is 5.75 Å². The van der Waals surface area contributed by atoms with Crippen molar-refractivity contribution in [3.8, 4) is 5.75 Å². The van der Waals surface area contributed by atoms with Gasteiger partial charge in [0.2, 0.25) is 5.82 Å². The summed E-state index contributed by atoms with van der Waals surface area (Å²) in [6.07, 6.45) is -4.74. The first-order chi connectivity index (χ1) is 15.7. The summed E-state index contributed by atoms with van der Waals surface area (Å²) >= 11 is 0. The smallest absolute Gasteiger partial charge is 0.449 e. The van der Waals surface area contributed by atoms with Gasteiger partial charge in [-0.25, -0.2) is 13.8 Å². The number of nitrogens with zero attached hydrogens (tertiary/aromatic N) is 2. The summed E-state index contributed by atoms with van der Waals surface area (Å²) in [5.41, 5.74) is 0.309. The molecule has 0 saturated carbocycles. The third-order valence-corrected chi connectivity index (χ3v) is 6.02. The van der Waals surface area contributed by atoms with Gasteiger partial charge in [-0.2, -0.15) is 13.2 Å². The van der Waals surface area contributed by atoms with Crippen molar-refractivity contribution in [3.05, 3.63) is 53.4 Å². The van der Waals surface area contributed by atoms with Crippen LogP contribution in [0, 0.1) is 11.6 Å². The van der Waals surface area contributed by atoms with E-state index in [0.29, 0.717) is 31.0 Å². The zero-order valence-corrected chi connectivity index (χ0v) is 17.5. The van der Waals surface area contributed by atoms with E-state index < -0.39 is 29.7 Å². The molecule has 3 aromatic rings. The summed E-state index contributed by atoms with van der Waals surface area (Å²) in [6.45, 7) is 3.81. The van der Waals surface area contributed by atoms with E-state index in [4.69, 9.17) is 9.47 Å². The van der Waals surface area contributed by atoms with E-state index in [1.807, 2.05) is 6.92 Å². The topological polar surface area (TPSA) is 62.4 Å². The lowest BCUT2D eigenvalue weighted by atomic mass is 9.93. The van der Waals surface area contributed by atoms with E-state index in [-0.39, 0.29) is 35.5 Å². The number of nitrogens with one attached hydrogen (secondary N) is 2. The van der Waals surface area contributed by atoms with Gasteiger partial charge in [-0.3, -0.25) is 4.90 Å². The van der Waals surface area contributed by atoms with Gasteiger partial charge in [0.05, 0.1) is 36.0 Å².